The number of likely N-dealkylation sites (tertiary alicyclic amines) is 1. The molecule has 1 unspecified atom stereocenters. The molecule has 1 saturated heterocycles. The maximum atomic E-state index is 12.2. The first kappa shape index (κ1) is 15.6. The number of ether oxygens (including phenoxy) is 3. The van der Waals surface area contributed by atoms with Crippen LogP contribution in [0.1, 0.15) is 43.1 Å². The summed E-state index contributed by atoms with van der Waals surface area (Å²) in [6.45, 7) is 6.29. The molecule has 1 fully saturated rings. The van der Waals surface area contributed by atoms with E-state index in [1.165, 1.54) is 0 Å². The predicted molar refractivity (Wildman–Crippen MR) is 82.5 cm³/mol. The molecule has 0 radical (unpaired) electrons. The Labute approximate surface area is 135 Å². The molecule has 0 aliphatic carbocycles. The number of fused-ring (bicyclic) bond motifs is 2. The number of amides is 1. The molecule has 1 aromatic rings. The standard InChI is InChI=1S/C17H21NO5/c1-16(2,3)23-15(20)18-8-7-17(10-18)13-6-5-11(21-4)9-12(13)14(19)22-17/h5-6,9H,7-8,10H2,1-4H3. The normalized spacial score (nSPS) is 23.0. The summed E-state index contributed by atoms with van der Waals surface area (Å²) in [5, 5.41) is 0. The lowest BCUT2D eigenvalue weighted by molar-refractivity contribution is -0.00875. The van der Waals surface area contributed by atoms with Gasteiger partial charge in [-0.15, -0.1) is 0 Å². The van der Waals surface area contributed by atoms with Crippen LogP contribution in [0.25, 0.3) is 0 Å². The molecule has 0 saturated carbocycles. The van der Waals surface area contributed by atoms with E-state index < -0.39 is 11.2 Å². The molecule has 0 aromatic heterocycles. The fourth-order valence-electron chi connectivity index (χ4n) is 3.07. The van der Waals surface area contributed by atoms with E-state index in [4.69, 9.17) is 14.2 Å². The number of benzene rings is 1. The first-order valence-electron chi connectivity index (χ1n) is 7.64. The van der Waals surface area contributed by atoms with Crippen LogP contribution in [0.15, 0.2) is 18.2 Å². The lowest BCUT2D eigenvalue weighted by Gasteiger charge is -2.26. The lowest BCUT2D eigenvalue weighted by Crippen LogP contribution is -2.38. The van der Waals surface area contributed by atoms with E-state index in [1.807, 2.05) is 26.8 Å². The number of esters is 1. The molecule has 0 N–H and O–H groups in total. The van der Waals surface area contributed by atoms with Crippen LogP contribution in [-0.4, -0.2) is 42.8 Å². The highest BCUT2D eigenvalue weighted by molar-refractivity contribution is 5.95. The van der Waals surface area contributed by atoms with Gasteiger partial charge in [-0.05, 0) is 32.9 Å². The van der Waals surface area contributed by atoms with E-state index in [9.17, 15) is 9.59 Å². The van der Waals surface area contributed by atoms with Crippen molar-refractivity contribution in [1.82, 2.24) is 4.90 Å². The molecule has 6 nitrogen and oxygen atoms in total. The topological polar surface area (TPSA) is 65.1 Å². The molecule has 2 aliphatic rings. The molecule has 0 bridgehead atoms. The summed E-state index contributed by atoms with van der Waals surface area (Å²) in [7, 11) is 1.55. The number of carbonyl (C=O) groups excluding carboxylic acids is 2. The quantitative estimate of drug-likeness (QED) is 0.745. The van der Waals surface area contributed by atoms with Gasteiger partial charge >= 0.3 is 12.1 Å². The van der Waals surface area contributed by atoms with Crippen molar-refractivity contribution in [2.45, 2.75) is 38.4 Å². The summed E-state index contributed by atoms with van der Waals surface area (Å²) in [5.74, 6) is 0.240. The molecule has 124 valence electrons. The van der Waals surface area contributed by atoms with Gasteiger partial charge in [-0.1, -0.05) is 6.07 Å². The Morgan fingerprint density at radius 3 is 2.74 bits per heavy atom. The van der Waals surface area contributed by atoms with Crippen molar-refractivity contribution in [1.29, 1.82) is 0 Å². The van der Waals surface area contributed by atoms with Crippen molar-refractivity contribution in [3.63, 3.8) is 0 Å². The third kappa shape index (κ3) is 2.73. The molecule has 6 heteroatoms. The molecule has 3 rings (SSSR count). The van der Waals surface area contributed by atoms with Crippen LogP contribution in [0.4, 0.5) is 4.79 Å². The molecular weight excluding hydrogens is 298 g/mol. The minimum Gasteiger partial charge on any atom is -0.497 e. The van der Waals surface area contributed by atoms with E-state index in [0.29, 0.717) is 30.8 Å². The van der Waals surface area contributed by atoms with Gasteiger partial charge in [-0.2, -0.15) is 0 Å². The van der Waals surface area contributed by atoms with Crippen LogP contribution in [0.3, 0.4) is 0 Å². The maximum Gasteiger partial charge on any atom is 0.410 e. The summed E-state index contributed by atoms with van der Waals surface area (Å²) >= 11 is 0. The number of methoxy groups -OCH3 is 1. The van der Waals surface area contributed by atoms with Crippen LogP contribution < -0.4 is 4.74 Å². The molecule has 1 amide bonds. The van der Waals surface area contributed by atoms with Gasteiger partial charge in [0.15, 0.2) is 5.60 Å². The van der Waals surface area contributed by atoms with Crippen LogP contribution in [0.5, 0.6) is 5.75 Å². The van der Waals surface area contributed by atoms with Crippen LogP contribution in [0, 0.1) is 0 Å². The number of rotatable bonds is 1. The Bertz CT molecular complexity index is 663. The highest BCUT2D eigenvalue weighted by Gasteiger charge is 2.51. The van der Waals surface area contributed by atoms with E-state index in [-0.39, 0.29) is 12.1 Å². The van der Waals surface area contributed by atoms with E-state index in [0.717, 1.165) is 5.56 Å². The van der Waals surface area contributed by atoms with E-state index in [1.54, 1.807) is 24.1 Å². The third-order valence-corrected chi connectivity index (χ3v) is 4.11. The molecule has 1 spiro atoms. The molecule has 1 aromatic carbocycles. The minimum absolute atomic E-state index is 0.312. The SMILES string of the molecule is COc1ccc2c(c1)C(=O)OC21CCN(C(=O)OC(C)(C)C)C1. The maximum absolute atomic E-state index is 12.2. The van der Waals surface area contributed by atoms with Crippen LogP contribution in [-0.2, 0) is 15.1 Å². The summed E-state index contributed by atoms with van der Waals surface area (Å²) in [5.41, 5.74) is 0.00445. The highest BCUT2D eigenvalue weighted by Crippen LogP contribution is 2.44. The first-order chi connectivity index (χ1) is 10.7. The van der Waals surface area contributed by atoms with Gasteiger partial charge < -0.3 is 19.1 Å². The third-order valence-electron chi connectivity index (χ3n) is 4.11. The number of nitrogens with zero attached hydrogens (tertiary/aromatic N) is 1. The summed E-state index contributed by atoms with van der Waals surface area (Å²) in [6.07, 6.45) is 0.185. The van der Waals surface area contributed by atoms with Gasteiger partial charge in [0.1, 0.15) is 11.4 Å². The van der Waals surface area contributed by atoms with Gasteiger partial charge in [0, 0.05) is 18.5 Å². The predicted octanol–water partition coefficient (Wildman–Crippen LogP) is 2.70. The van der Waals surface area contributed by atoms with Gasteiger partial charge in [0.2, 0.25) is 0 Å². The second kappa shape index (κ2) is 5.15. The Balaban J connectivity index is 1.84. The number of carbonyl (C=O) groups is 2. The fourth-order valence-corrected chi connectivity index (χ4v) is 3.07. The van der Waals surface area contributed by atoms with Crippen LogP contribution >= 0.6 is 0 Å². The Hall–Kier alpha value is -2.24. The van der Waals surface area contributed by atoms with Crippen molar-refractivity contribution in [2.24, 2.45) is 0 Å². The Kier molecular flexibility index (Phi) is 3.50. The monoisotopic (exact) mass is 319 g/mol. The van der Waals surface area contributed by atoms with E-state index >= 15 is 0 Å². The molecular formula is C17H21NO5. The lowest BCUT2D eigenvalue weighted by atomic mass is 9.91. The van der Waals surface area contributed by atoms with Crippen LogP contribution in [0.2, 0.25) is 0 Å². The van der Waals surface area contributed by atoms with Gasteiger partial charge in [-0.3, -0.25) is 0 Å². The Morgan fingerprint density at radius 1 is 1.35 bits per heavy atom. The van der Waals surface area contributed by atoms with Crippen molar-refractivity contribution < 1.29 is 23.8 Å². The van der Waals surface area contributed by atoms with Crippen molar-refractivity contribution >= 4 is 12.1 Å². The zero-order chi connectivity index (χ0) is 16.8. The summed E-state index contributed by atoms with van der Waals surface area (Å²) < 4.78 is 16.2. The zero-order valence-electron chi connectivity index (χ0n) is 13.8. The Morgan fingerprint density at radius 2 is 2.09 bits per heavy atom. The van der Waals surface area contributed by atoms with Gasteiger partial charge in [0.25, 0.3) is 0 Å². The average Bonchev–Trinajstić information content (AvgIpc) is 3.00. The molecule has 2 aliphatic heterocycles. The minimum atomic E-state index is -0.768. The largest absolute Gasteiger partial charge is 0.497 e. The van der Waals surface area contributed by atoms with Crippen molar-refractivity contribution in [2.75, 3.05) is 20.2 Å². The smallest absolute Gasteiger partial charge is 0.410 e. The zero-order valence-corrected chi connectivity index (χ0v) is 13.8. The molecule has 2 heterocycles. The highest BCUT2D eigenvalue weighted by atomic mass is 16.6. The molecule has 1 atom stereocenters. The van der Waals surface area contributed by atoms with Gasteiger partial charge in [-0.25, -0.2) is 9.59 Å². The fraction of sp³-hybridized carbons (Fsp3) is 0.529. The second-order valence-corrected chi connectivity index (χ2v) is 6.95. The summed E-state index contributed by atoms with van der Waals surface area (Å²) in [4.78, 5) is 26.0. The van der Waals surface area contributed by atoms with Crippen molar-refractivity contribution in [3.05, 3.63) is 29.3 Å². The van der Waals surface area contributed by atoms with Gasteiger partial charge in [0.05, 0.1) is 19.2 Å². The average molecular weight is 319 g/mol. The number of hydrogen-bond acceptors (Lipinski definition) is 5. The number of hydrogen-bond donors (Lipinski definition) is 0. The van der Waals surface area contributed by atoms with Crippen molar-refractivity contribution in [3.8, 4) is 5.75 Å². The first-order valence-corrected chi connectivity index (χ1v) is 7.64. The molecule has 23 heavy (non-hydrogen) atoms. The van der Waals surface area contributed by atoms with E-state index in [2.05, 4.69) is 0 Å². The second-order valence-electron chi connectivity index (χ2n) is 6.95. The summed E-state index contributed by atoms with van der Waals surface area (Å²) in [6, 6.07) is 5.33.